The third kappa shape index (κ3) is 3.25. The lowest BCUT2D eigenvalue weighted by Crippen LogP contribution is -1.95. The number of rotatable bonds is 3. The van der Waals surface area contributed by atoms with Crippen LogP contribution in [0.3, 0.4) is 0 Å². The highest BCUT2D eigenvalue weighted by Crippen LogP contribution is 2.30. The summed E-state index contributed by atoms with van der Waals surface area (Å²) in [5, 5.41) is 0.810. The van der Waals surface area contributed by atoms with Gasteiger partial charge in [0.1, 0.15) is 0 Å². The van der Waals surface area contributed by atoms with Crippen LogP contribution in [0, 0.1) is 6.92 Å². The van der Waals surface area contributed by atoms with Crippen molar-refractivity contribution in [3.63, 3.8) is 0 Å². The molecule has 0 radical (unpaired) electrons. The Morgan fingerprint density at radius 1 is 1.12 bits per heavy atom. The summed E-state index contributed by atoms with van der Waals surface area (Å²) in [6, 6.07) is 14.4. The summed E-state index contributed by atoms with van der Waals surface area (Å²) in [4.78, 5) is 2.40. The van der Waals surface area contributed by atoms with Gasteiger partial charge in [0.25, 0.3) is 0 Å². The molecule has 0 bridgehead atoms. The van der Waals surface area contributed by atoms with Crippen molar-refractivity contribution >= 4 is 23.4 Å². The van der Waals surface area contributed by atoms with Crippen molar-refractivity contribution in [2.24, 2.45) is 5.73 Å². The minimum absolute atomic E-state index is 0.577. The summed E-state index contributed by atoms with van der Waals surface area (Å²) >= 11 is 7.73. The fourth-order valence-corrected chi connectivity index (χ4v) is 2.67. The van der Waals surface area contributed by atoms with E-state index in [9.17, 15) is 0 Å². The Balaban J connectivity index is 2.22. The summed E-state index contributed by atoms with van der Waals surface area (Å²) in [6.45, 7) is 2.59. The summed E-state index contributed by atoms with van der Waals surface area (Å²) in [5.74, 6) is 0. The normalized spacial score (nSPS) is 10.5. The van der Waals surface area contributed by atoms with Gasteiger partial charge in [-0.05, 0) is 48.4 Å². The minimum Gasteiger partial charge on any atom is -0.326 e. The van der Waals surface area contributed by atoms with Gasteiger partial charge in [-0.25, -0.2) is 0 Å². The van der Waals surface area contributed by atoms with Gasteiger partial charge in [-0.3, -0.25) is 0 Å². The van der Waals surface area contributed by atoms with E-state index in [0.29, 0.717) is 6.54 Å². The van der Waals surface area contributed by atoms with E-state index in [4.69, 9.17) is 17.3 Å². The molecule has 0 heterocycles. The highest BCUT2D eigenvalue weighted by molar-refractivity contribution is 7.99. The molecule has 0 saturated heterocycles. The van der Waals surface area contributed by atoms with E-state index in [2.05, 4.69) is 18.2 Å². The molecule has 17 heavy (non-hydrogen) atoms. The summed E-state index contributed by atoms with van der Waals surface area (Å²) in [7, 11) is 0. The van der Waals surface area contributed by atoms with Crippen LogP contribution in [0.1, 0.15) is 11.1 Å². The molecule has 0 atom stereocenters. The molecule has 2 aromatic carbocycles. The number of hydrogen-bond acceptors (Lipinski definition) is 2. The number of aryl methyl sites for hydroxylation is 1. The second-order valence-electron chi connectivity index (χ2n) is 3.86. The monoisotopic (exact) mass is 263 g/mol. The molecule has 0 unspecified atom stereocenters. The van der Waals surface area contributed by atoms with E-state index in [1.165, 1.54) is 9.79 Å². The van der Waals surface area contributed by atoms with Gasteiger partial charge in [0.2, 0.25) is 0 Å². The maximum Gasteiger partial charge on any atom is 0.0435 e. The molecule has 88 valence electrons. The average molecular weight is 264 g/mol. The lowest BCUT2D eigenvalue weighted by atomic mass is 10.2. The van der Waals surface area contributed by atoms with Crippen molar-refractivity contribution in [1.82, 2.24) is 0 Å². The van der Waals surface area contributed by atoms with Crippen LogP contribution in [0.15, 0.2) is 52.3 Å². The van der Waals surface area contributed by atoms with E-state index in [-0.39, 0.29) is 0 Å². The van der Waals surface area contributed by atoms with E-state index in [1.807, 2.05) is 31.2 Å². The summed E-state index contributed by atoms with van der Waals surface area (Å²) in [5.41, 5.74) is 7.89. The van der Waals surface area contributed by atoms with Crippen LogP contribution in [-0.2, 0) is 6.54 Å². The van der Waals surface area contributed by atoms with Gasteiger partial charge in [0.05, 0.1) is 0 Å². The van der Waals surface area contributed by atoms with E-state index in [0.717, 1.165) is 16.1 Å². The van der Waals surface area contributed by atoms with Crippen LogP contribution in [0.25, 0.3) is 0 Å². The molecule has 0 aliphatic rings. The molecule has 0 aromatic heterocycles. The first-order valence-electron chi connectivity index (χ1n) is 5.42. The molecule has 0 aliphatic carbocycles. The summed E-state index contributed by atoms with van der Waals surface area (Å²) < 4.78 is 0. The third-order valence-corrected chi connectivity index (χ3v) is 3.90. The smallest absolute Gasteiger partial charge is 0.0435 e. The van der Waals surface area contributed by atoms with Crippen molar-refractivity contribution in [2.45, 2.75) is 23.3 Å². The topological polar surface area (TPSA) is 26.0 Å². The molecular weight excluding hydrogens is 250 g/mol. The molecule has 0 amide bonds. The molecule has 0 fully saturated rings. The zero-order valence-electron chi connectivity index (χ0n) is 9.61. The Kier molecular flexibility index (Phi) is 4.11. The van der Waals surface area contributed by atoms with Crippen molar-refractivity contribution in [3.8, 4) is 0 Å². The van der Waals surface area contributed by atoms with Gasteiger partial charge in [0.15, 0.2) is 0 Å². The van der Waals surface area contributed by atoms with Crippen LogP contribution in [0.2, 0.25) is 5.02 Å². The largest absolute Gasteiger partial charge is 0.326 e. The van der Waals surface area contributed by atoms with E-state index < -0.39 is 0 Å². The Labute approximate surface area is 111 Å². The summed E-state index contributed by atoms with van der Waals surface area (Å²) in [6.07, 6.45) is 0. The third-order valence-electron chi connectivity index (χ3n) is 2.50. The number of nitrogens with two attached hydrogens (primary N) is 1. The molecule has 2 aromatic rings. The highest BCUT2D eigenvalue weighted by Gasteiger charge is 2.01. The SMILES string of the molecule is Cc1cc(Sc2cccc(CN)c2)ccc1Cl. The van der Waals surface area contributed by atoms with Gasteiger partial charge in [-0.1, -0.05) is 35.5 Å². The molecular formula is C14H14ClNS. The van der Waals surface area contributed by atoms with E-state index in [1.54, 1.807) is 11.8 Å². The first kappa shape index (κ1) is 12.5. The van der Waals surface area contributed by atoms with Crippen molar-refractivity contribution in [3.05, 3.63) is 58.6 Å². The van der Waals surface area contributed by atoms with Gasteiger partial charge in [0, 0.05) is 21.4 Å². The van der Waals surface area contributed by atoms with Crippen LogP contribution < -0.4 is 5.73 Å². The Morgan fingerprint density at radius 2 is 1.88 bits per heavy atom. The van der Waals surface area contributed by atoms with Crippen LogP contribution in [-0.4, -0.2) is 0 Å². The van der Waals surface area contributed by atoms with Gasteiger partial charge in [-0.15, -0.1) is 0 Å². The van der Waals surface area contributed by atoms with Crippen molar-refractivity contribution in [2.75, 3.05) is 0 Å². The maximum absolute atomic E-state index is 6.01. The van der Waals surface area contributed by atoms with Crippen molar-refractivity contribution in [1.29, 1.82) is 0 Å². The quantitative estimate of drug-likeness (QED) is 0.896. The van der Waals surface area contributed by atoms with Gasteiger partial charge < -0.3 is 5.73 Å². The molecule has 1 nitrogen and oxygen atoms in total. The first-order valence-corrected chi connectivity index (χ1v) is 6.61. The Morgan fingerprint density at radius 3 is 2.59 bits per heavy atom. The molecule has 0 spiro atoms. The predicted octanol–water partition coefficient (Wildman–Crippen LogP) is 4.26. The number of hydrogen-bond donors (Lipinski definition) is 1. The van der Waals surface area contributed by atoms with Crippen molar-refractivity contribution < 1.29 is 0 Å². The molecule has 0 saturated carbocycles. The lowest BCUT2D eigenvalue weighted by Gasteiger charge is -2.05. The lowest BCUT2D eigenvalue weighted by molar-refractivity contribution is 1.06. The first-order chi connectivity index (χ1) is 8.19. The van der Waals surface area contributed by atoms with Crippen LogP contribution in [0.5, 0.6) is 0 Å². The van der Waals surface area contributed by atoms with Crippen LogP contribution >= 0.6 is 23.4 Å². The predicted molar refractivity (Wildman–Crippen MR) is 74.6 cm³/mol. The zero-order chi connectivity index (χ0) is 12.3. The van der Waals surface area contributed by atoms with Gasteiger partial charge in [-0.2, -0.15) is 0 Å². The molecule has 2 rings (SSSR count). The fourth-order valence-electron chi connectivity index (χ4n) is 1.55. The second kappa shape index (κ2) is 5.58. The fraction of sp³-hybridized carbons (Fsp3) is 0.143. The molecule has 2 N–H and O–H groups in total. The maximum atomic E-state index is 6.01. The average Bonchev–Trinajstić information content (AvgIpc) is 2.34. The van der Waals surface area contributed by atoms with E-state index >= 15 is 0 Å². The van der Waals surface area contributed by atoms with Crippen LogP contribution in [0.4, 0.5) is 0 Å². The highest BCUT2D eigenvalue weighted by atomic mass is 35.5. The number of benzene rings is 2. The molecule has 3 heteroatoms. The minimum atomic E-state index is 0.577. The Bertz CT molecular complexity index is 525. The Hall–Kier alpha value is -0.960. The number of halogens is 1. The standard InChI is InChI=1S/C14H14ClNS/c1-10-7-13(5-6-14(10)15)17-12-4-2-3-11(8-12)9-16/h2-8H,9,16H2,1H3. The zero-order valence-corrected chi connectivity index (χ0v) is 11.2. The second-order valence-corrected chi connectivity index (χ2v) is 5.42. The molecule has 0 aliphatic heterocycles. The van der Waals surface area contributed by atoms with Gasteiger partial charge >= 0.3 is 0 Å².